The Bertz CT molecular complexity index is 706. The minimum absolute atomic E-state index is 0.0774. The first kappa shape index (κ1) is 18.4. The highest BCUT2D eigenvalue weighted by molar-refractivity contribution is 5.96. The number of benzene rings is 2. The molecule has 0 saturated heterocycles. The van der Waals surface area contributed by atoms with E-state index >= 15 is 0 Å². The number of hydrogen-bond acceptors (Lipinski definition) is 2. The Labute approximate surface area is 156 Å². The van der Waals surface area contributed by atoms with Crippen molar-refractivity contribution < 1.29 is 9.59 Å². The lowest BCUT2D eigenvalue weighted by Crippen LogP contribution is -2.36. The molecule has 0 spiro atoms. The fourth-order valence-electron chi connectivity index (χ4n) is 3.76. The largest absolute Gasteiger partial charge is 0.327 e. The summed E-state index contributed by atoms with van der Waals surface area (Å²) in [6.45, 7) is 0.657. The van der Waals surface area contributed by atoms with E-state index in [2.05, 4.69) is 0 Å². The number of carbonyl (C=O) groups excluding carboxylic acids is 2. The van der Waals surface area contributed by atoms with Crippen molar-refractivity contribution in [2.75, 3.05) is 6.54 Å². The molecule has 1 aliphatic carbocycles. The van der Waals surface area contributed by atoms with Gasteiger partial charge in [-0.25, -0.2) is 0 Å². The van der Waals surface area contributed by atoms with Crippen LogP contribution >= 0.6 is 0 Å². The van der Waals surface area contributed by atoms with Crippen molar-refractivity contribution in [1.29, 1.82) is 0 Å². The topological polar surface area (TPSA) is 37.4 Å². The summed E-state index contributed by atoms with van der Waals surface area (Å²) in [5, 5.41) is 0. The van der Waals surface area contributed by atoms with Crippen molar-refractivity contribution >= 4 is 11.7 Å². The van der Waals surface area contributed by atoms with Crippen LogP contribution in [-0.2, 0) is 11.3 Å². The Kier molecular flexibility index (Phi) is 6.59. The molecule has 2 aromatic rings. The zero-order valence-electron chi connectivity index (χ0n) is 15.3. The second kappa shape index (κ2) is 9.33. The van der Waals surface area contributed by atoms with Gasteiger partial charge < -0.3 is 4.90 Å². The molecule has 1 fully saturated rings. The lowest BCUT2D eigenvalue weighted by atomic mass is 9.86. The van der Waals surface area contributed by atoms with Crippen molar-refractivity contribution in [2.45, 2.75) is 45.1 Å². The van der Waals surface area contributed by atoms with E-state index in [-0.39, 0.29) is 18.2 Å². The van der Waals surface area contributed by atoms with Crippen LogP contribution in [0.3, 0.4) is 0 Å². The molecule has 0 aliphatic heterocycles. The molecule has 1 amide bonds. The van der Waals surface area contributed by atoms with Gasteiger partial charge in [-0.1, -0.05) is 80.6 Å². The van der Waals surface area contributed by atoms with Crippen LogP contribution in [0, 0.1) is 5.92 Å². The maximum atomic E-state index is 13.0. The van der Waals surface area contributed by atoms with Gasteiger partial charge >= 0.3 is 0 Å². The fourth-order valence-corrected chi connectivity index (χ4v) is 3.76. The molecule has 0 aromatic heterocycles. The maximum Gasteiger partial charge on any atom is 0.254 e. The Morgan fingerprint density at radius 3 is 2.12 bits per heavy atom. The second-order valence-electron chi connectivity index (χ2n) is 7.26. The van der Waals surface area contributed by atoms with Gasteiger partial charge in [-0.05, 0) is 23.6 Å². The SMILES string of the molecule is O=C(CC1CCCCC1)CN(Cc1ccccc1)C(=O)c1ccccc1. The normalized spacial score (nSPS) is 14.8. The molecule has 2 aromatic carbocycles. The average Bonchev–Trinajstić information content (AvgIpc) is 2.69. The summed E-state index contributed by atoms with van der Waals surface area (Å²) in [6.07, 6.45) is 6.65. The number of Topliss-reactive ketones (excluding diaryl/α,β-unsaturated/α-hetero) is 1. The summed E-state index contributed by atoms with van der Waals surface area (Å²) in [5.41, 5.74) is 1.68. The van der Waals surface area contributed by atoms with E-state index in [0.29, 0.717) is 24.4 Å². The van der Waals surface area contributed by atoms with E-state index in [1.54, 1.807) is 4.90 Å². The van der Waals surface area contributed by atoms with Gasteiger partial charge in [0, 0.05) is 18.5 Å². The van der Waals surface area contributed by atoms with E-state index in [1.165, 1.54) is 19.3 Å². The lowest BCUT2D eigenvalue weighted by molar-refractivity contribution is -0.121. The van der Waals surface area contributed by atoms with Crippen LogP contribution in [0.5, 0.6) is 0 Å². The third kappa shape index (κ3) is 5.29. The predicted octanol–water partition coefficient (Wildman–Crippen LogP) is 4.87. The highest BCUT2D eigenvalue weighted by atomic mass is 16.2. The van der Waals surface area contributed by atoms with Crippen molar-refractivity contribution in [3.05, 3.63) is 71.8 Å². The highest BCUT2D eigenvalue weighted by Crippen LogP contribution is 2.26. The first-order valence-corrected chi connectivity index (χ1v) is 9.62. The Hall–Kier alpha value is -2.42. The molecule has 0 unspecified atom stereocenters. The molecule has 1 saturated carbocycles. The van der Waals surface area contributed by atoms with Gasteiger partial charge in [0.05, 0.1) is 6.54 Å². The molecule has 1 aliphatic rings. The summed E-state index contributed by atoms with van der Waals surface area (Å²) >= 11 is 0. The first-order chi connectivity index (χ1) is 12.7. The van der Waals surface area contributed by atoms with Crippen LogP contribution in [-0.4, -0.2) is 23.1 Å². The van der Waals surface area contributed by atoms with Crippen LogP contribution in [0.4, 0.5) is 0 Å². The quantitative estimate of drug-likeness (QED) is 0.715. The van der Waals surface area contributed by atoms with Crippen LogP contribution < -0.4 is 0 Å². The van der Waals surface area contributed by atoms with Gasteiger partial charge in [0.1, 0.15) is 0 Å². The number of rotatable bonds is 7. The van der Waals surface area contributed by atoms with Crippen LogP contribution in [0.1, 0.15) is 54.4 Å². The van der Waals surface area contributed by atoms with Gasteiger partial charge in [-0.2, -0.15) is 0 Å². The maximum absolute atomic E-state index is 13.0. The number of hydrogen-bond donors (Lipinski definition) is 0. The van der Waals surface area contributed by atoms with E-state index in [4.69, 9.17) is 0 Å². The number of amides is 1. The third-order valence-electron chi connectivity index (χ3n) is 5.13. The number of nitrogens with zero attached hydrogens (tertiary/aromatic N) is 1. The van der Waals surface area contributed by atoms with Crippen molar-refractivity contribution in [1.82, 2.24) is 4.90 Å². The monoisotopic (exact) mass is 349 g/mol. The van der Waals surface area contributed by atoms with Crippen molar-refractivity contribution in [2.24, 2.45) is 5.92 Å². The number of ketones is 1. The van der Waals surface area contributed by atoms with Gasteiger partial charge in [0.25, 0.3) is 5.91 Å². The van der Waals surface area contributed by atoms with Crippen molar-refractivity contribution in [3.63, 3.8) is 0 Å². The molecule has 0 atom stereocenters. The molecule has 3 rings (SSSR count). The fraction of sp³-hybridized carbons (Fsp3) is 0.391. The standard InChI is InChI=1S/C23H27NO2/c25-22(16-19-10-4-1-5-11-19)18-24(17-20-12-6-2-7-13-20)23(26)21-14-8-3-9-15-21/h2-3,6-9,12-15,19H,1,4-5,10-11,16-18H2. The van der Waals surface area contributed by atoms with E-state index in [0.717, 1.165) is 18.4 Å². The molecule has 136 valence electrons. The summed E-state index contributed by atoms with van der Waals surface area (Å²) in [5.74, 6) is 0.602. The van der Waals surface area contributed by atoms with E-state index in [9.17, 15) is 9.59 Å². The third-order valence-corrected chi connectivity index (χ3v) is 5.13. The van der Waals surface area contributed by atoms with Gasteiger partial charge in [0.15, 0.2) is 5.78 Å². The van der Waals surface area contributed by atoms with Gasteiger partial charge in [-0.15, -0.1) is 0 Å². The van der Waals surface area contributed by atoms with E-state index in [1.807, 2.05) is 60.7 Å². The summed E-state index contributed by atoms with van der Waals surface area (Å²) in [7, 11) is 0. The molecular weight excluding hydrogens is 322 g/mol. The molecule has 0 bridgehead atoms. The Balaban J connectivity index is 1.69. The molecule has 26 heavy (non-hydrogen) atoms. The smallest absolute Gasteiger partial charge is 0.254 e. The van der Waals surface area contributed by atoms with E-state index < -0.39 is 0 Å². The second-order valence-corrected chi connectivity index (χ2v) is 7.26. The molecule has 0 heterocycles. The van der Waals surface area contributed by atoms with Gasteiger partial charge in [-0.3, -0.25) is 9.59 Å². The first-order valence-electron chi connectivity index (χ1n) is 9.62. The number of carbonyl (C=O) groups is 2. The van der Waals surface area contributed by atoms with Gasteiger partial charge in [0.2, 0.25) is 0 Å². The summed E-state index contributed by atoms with van der Waals surface area (Å²) in [6, 6.07) is 19.1. The van der Waals surface area contributed by atoms with Crippen LogP contribution in [0.15, 0.2) is 60.7 Å². The zero-order chi connectivity index (χ0) is 18.2. The lowest BCUT2D eigenvalue weighted by Gasteiger charge is -2.25. The van der Waals surface area contributed by atoms with Crippen LogP contribution in [0.2, 0.25) is 0 Å². The zero-order valence-corrected chi connectivity index (χ0v) is 15.3. The molecular formula is C23H27NO2. The molecule has 3 heteroatoms. The van der Waals surface area contributed by atoms with Crippen LogP contribution in [0.25, 0.3) is 0 Å². The predicted molar refractivity (Wildman–Crippen MR) is 104 cm³/mol. The van der Waals surface area contributed by atoms with Crippen molar-refractivity contribution in [3.8, 4) is 0 Å². The molecule has 3 nitrogen and oxygen atoms in total. The Morgan fingerprint density at radius 2 is 1.46 bits per heavy atom. The summed E-state index contributed by atoms with van der Waals surface area (Å²) < 4.78 is 0. The highest BCUT2D eigenvalue weighted by Gasteiger charge is 2.22. The minimum Gasteiger partial charge on any atom is -0.327 e. The Morgan fingerprint density at radius 1 is 0.846 bits per heavy atom. The summed E-state index contributed by atoms with van der Waals surface area (Å²) in [4.78, 5) is 27.3. The molecule has 0 N–H and O–H groups in total. The minimum atomic E-state index is -0.0774. The average molecular weight is 349 g/mol. The molecule has 0 radical (unpaired) electrons.